The van der Waals surface area contributed by atoms with E-state index in [1.807, 2.05) is 0 Å². The Bertz CT molecular complexity index is 1500. The van der Waals surface area contributed by atoms with E-state index in [0.29, 0.717) is 12.8 Å². The first-order valence-corrected chi connectivity index (χ1v) is 31.4. The number of carbonyl (C=O) groups excluding carboxylic acids is 1. The molecule has 0 bridgehead atoms. The zero-order valence-corrected chi connectivity index (χ0v) is 48.6. The standard InChI is InChI=1S/C60H113NO18/c1-3-5-7-9-11-13-15-16-17-18-19-20-21-22-23-24-25-26-27-28-29-31-33-35-37-44(65)43(61-48(66)38-36-34-32-30-14-12-10-8-6-4-2)42-74-58-54(72)51(69)56(46(40-63)76-58)79-60-55(73)52(70)57(47(41-64)77-60)78-59-53(71)50(68)49(67)45(39-62)75-59/h8,10,43-47,49-60,62-65,67-73H,3-7,9,11-42H2,1-2H3,(H,61,66)/b10-8-. The van der Waals surface area contributed by atoms with Crippen LogP contribution in [0.4, 0.5) is 0 Å². The van der Waals surface area contributed by atoms with Crippen LogP contribution in [0, 0.1) is 0 Å². The maximum Gasteiger partial charge on any atom is 0.220 e. The Morgan fingerprint density at radius 3 is 1.28 bits per heavy atom. The van der Waals surface area contributed by atoms with Gasteiger partial charge in [-0.3, -0.25) is 4.79 Å². The van der Waals surface area contributed by atoms with Crippen LogP contribution in [0.15, 0.2) is 12.2 Å². The van der Waals surface area contributed by atoms with Crippen LogP contribution in [-0.2, 0) is 33.2 Å². The molecule has 0 radical (unpaired) electrons. The molecule has 0 aromatic rings. The van der Waals surface area contributed by atoms with Gasteiger partial charge in [-0.1, -0.05) is 206 Å². The van der Waals surface area contributed by atoms with E-state index in [0.717, 1.165) is 70.6 Å². The minimum Gasteiger partial charge on any atom is -0.394 e. The van der Waals surface area contributed by atoms with E-state index in [1.54, 1.807) is 0 Å². The Hall–Kier alpha value is -1.47. The number of rotatable bonds is 47. The van der Waals surface area contributed by atoms with Crippen molar-refractivity contribution < 1.29 is 89.4 Å². The number of nitrogens with one attached hydrogen (secondary N) is 1. The van der Waals surface area contributed by atoms with Crippen LogP contribution in [0.2, 0.25) is 0 Å². The van der Waals surface area contributed by atoms with Crippen molar-refractivity contribution in [2.24, 2.45) is 0 Å². The summed E-state index contributed by atoms with van der Waals surface area (Å²) >= 11 is 0. The van der Waals surface area contributed by atoms with E-state index in [4.69, 9.17) is 28.4 Å². The molecule has 17 atom stereocenters. The number of carbonyl (C=O) groups is 1. The zero-order valence-electron chi connectivity index (χ0n) is 48.6. The average Bonchev–Trinajstić information content (AvgIpc) is 3.51. The maximum absolute atomic E-state index is 13.3. The van der Waals surface area contributed by atoms with Gasteiger partial charge < -0.3 is 89.9 Å². The molecule has 19 heteroatoms. The average molecular weight is 1140 g/mol. The molecule has 19 nitrogen and oxygen atoms in total. The summed E-state index contributed by atoms with van der Waals surface area (Å²) in [5, 5.41) is 120. The first-order valence-electron chi connectivity index (χ1n) is 31.4. The van der Waals surface area contributed by atoms with Gasteiger partial charge in [0, 0.05) is 6.42 Å². The number of ether oxygens (including phenoxy) is 6. The number of hydrogen-bond acceptors (Lipinski definition) is 18. The summed E-state index contributed by atoms with van der Waals surface area (Å²) in [6.45, 7) is 1.73. The molecule has 1 amide bonds. The van der Waals surface area contributed by atoms with Crippen molar-refractivity contribution in [2.75, 3.05) is 26.4 Å². The van der Waals surface area contributed by atoms with E-state index in [2.05, 4.69) is 31.3 Å². The molecule has 17 unspecified atom stereocenters. The molecule has 0 aliphatic carbocycles. The molecule has 0 aromatic heterocycles. The van der Waals surface area contributed by atoms with Gasteiger partial charge in [0.2, 0.25) is 5.91 Å². The highest BCUT2D eigenvalue weighted by atomic mass is 16.8. The van der Waals surface area contributed by atoms with Crippen LogP contribution in [0.3, 0.4) is 0 Å². The Kier molecular flexibility index (Phi) is 40.1. The van der Waals surface area contributed by atoms with Gasteiger partial charge >= 0.3 is 0 Å². The fraction of sp³-hybridized carbons (Fsp3) is 0.950. The second-order valence-electron chi connectivity index (χ2n) is 22.9. The summed E-state index contributed by atoms with van der Waals surface area (Å²) in [5.74, 6) is -0.253. The number of amides is 1. The summed E-state index contributed by atoms with van der Waals surface area (Å²) in [4.78, 5) is 13.3. The lowest BCUT2D eigenvalue weighted by atomic mass is 9.96. The molecule has 12 N–H and O–H groups in total. The van der Waals surface area contributed by atoms with Gasteiger partial charge in [-0.2, -0.15) is 0 Å². The van der Waals surface area contributed by atoms with Crippen LogP contribution in [-0.4, -0.2) is 193 Å². The molecule has 3 aliphatic rings. The Labute approximate surface area is 474 Å². The van der Waals surface area contributed by atoms with Gasteiger partial charge in [0.1, 0.15) is 73.2 Å². The number of aliphatic hydroxyl groups is 11. The summed E-state index contributed by atoms with van der Waals surface area (Å²) in [6, 6.07) is -0.887. The van der Waals surface area contributed by atoms with Crippen LogP contribution in [0.25, 0.3) is 0 Å². The Morgan fingerprint density at radius 2 is 0.823 bits per heavy atom. The predicted octanol–water partition coefficient (Wildman–Crippen LogP) is 6.16. The lowest BCUT2D eigenvalue weighted by Gasteiger charge is -2.48. The van der Waals surface area contributed by atoms with Crippen molar-refractivity contribution in [2.45, 2.75) is 336 Å². The first-order chi connectivity index (χ1) is 38.3. The van der Waals surface area contributed by atoms with Gasteiger partial charge in [0.05, 0.1) is 38.6 Å². The molecular formula is C60H113NO18. The van der Waals surface area contributed by atoms with Crippen molar-refractivity contribution in [3.8, 4) is 0 Å². The van der Waals surface area contributed by atoms with Crippen molar-refractivity contribution in [3.05, 3.63) is 12.2 Å². The molecule has 3 rings (SSSR count). The van der Waals surface area contributed by atoms with Crippen molar-refractivity contribution in [3.63, 3.8) is 0 Å². The number of aliphatic hydroxyl groups excluding tert-OH is 11. The van der Waals surface area contributed by atoms with Crippen molar-refractivity contribution in [1.82, 2.24) is 5.32 Å². The predicted molar refractivity (Wildman–Crippen MR) is 300 cm³/mol. The molecule has 3 fully saturated rings. The number of unbranched alkanes of at least 4 members (excludes halogenated alkanes) is 29. The Balaban J connectivity index is 1.43. The molecule has 466 valence electrons. The molecule has 0 aromatic carbocycles. The zero-order chi connectivity index (χ0) is 57.6. The minimum atomic E-state index is -1.97. The topological polar surface area (TPSA) is 307 Å². The highest BCUT2D eigenvalue weighted by Crippen LogP contribution is 2.33. The smallest absolute Gasteiger partial charge is 0.220 e. The van der Waals surface area contributed by atoms with E-state index in [1.165, 1.54) is 128 Å². The van der Waals surface area contributed by atoms with E-state index in [9.17, 15) is 61.0 Å². The Morgan fingerprint density at radius 1 is 0.443 bits per heavy atom. The SMILES string of the molecule is CCC/C=C\CCCCCCCC(=O)NC(COC1OC(CO)C(OC2OC(CO)C(OC3OC(CO)C(O)C(O)C3O)C(O)C2O)C(O)C1O)C(O)CCCCCCCCCCCCCCCCCCCCCCCCCC. The third kappa shape index (κ3) is 27.9. The lowest BCUT2D eigenvalue weighted by molar-refractivity contribution is -0.379. The maximum atomic E-state index is 13.3. The van der Waals surface area contributed by atoms with Gasteiger partial charge in [0.25, 0.3) is 0 Å². The van der Waals surface area contributed by atoms with Crippen LogP contribution in [0.1, 0.15) is 232 Å². The highest BCUT2D eigenvalue weighted by Gasteiger charge is 2.53. The van der Waals surface area contributed by atoms with Crippen LogP contribution < -0.4 is 5.32 Å². The quantitative estimate of drug-likeness (QED) is 0.0240. The van der Waals surface area contributed by atoms with E-state index >= 15 is 0 Å². The second kappa shape index (κ2) is 44.1. The molecular weight excluding hydrogens is 1020 g/mol. The minimum absolute atomic E-state index is 0.253. The fourth-order valence-electron chi connectivity index (χ4n) is 10.9. The second-order valence-corrected chi connectivity index (χ2v) is 22.9. The summed E-state index contributed by atoms with van der Waals surface area (Å²) < 4.78 is 34.3. The van der Waals surface area contributed by atoms with E-state index in [-0.39, 0.29) is 18.9 Å². The molecule has 79 heavy (non-hydrogen) atoms. The van der Waals surface area contributed by atoms with Crippen molar-refractivity contribution >= 4 is 5.91 Å². The summed E-state index contributed by atoms with van der Waals surface area (Å²) in [6.07, 6.45) is 17.5. The fourth-order valence-corrected chi connectivity index (χ4v) is 10.9. The van der Waals surface area contributed by atoms with Gasteiger partial charge in [-0.05, 0) is 32.1 Å². The van der Waals surface area contributed by atoms with Crippen LogP contribution in [0.5, 0.6) is 0 Å². The third-order valence-corrected chi connectivity index (χ3v) is 16.1. The molecule has 0 spiro atoms. The number of hydrogen-bond donors (Lipinski definition) is 12. The van der Waals surface area contributed by atoms with Crippen LogP contribution >= 0.6 is 0 Å². The van der Waals surface area contributed by atoms with E-state index < -0.39 is 124 Å². The molecule has 3 aliphatic heterocycles. The molecule has 0 saturated carbocycles. The highest BCUT2D eigenvalue weighted by molar-refractivity contribution is 5.76. The monoisotopic (exact) mass is 1140 g/mol. The summed E-state index contributed by atoms with van der Waals surface area (Å²) in [7, 11) is 0. The molecule has 3 heterocycles. The number of allylic oxidation sites excluding steroid dienone is 2. The first kappa shape index (κ1) is 71.8. The largest absolute Gasteiger partial charge is 0.394 e. The third-order valence-electron chi connectivity index (χ3n) is 16.1. The summed E-state index contributed by atoms with van der Waals surface area (Å²) in [5.41, 5.74) is 0. The normalized spacial score (nSPS) is 30.3. The van der Waals surface area contributed by atoms with Gasteiger partial charge in [-0.25, -0.2) is 0 Å². The van der Waals surface area contributed by atoms with Gasteiger partial charge in [-0.15, -0.1) is 0 Å². The van der Waals surface area contributed by atoms with Gasteiger partial charge in [0.15, 0.2) is 18.9 Å². The molecule has 3 saturated heterocycles. The lowest BCUT2D eigenvalue weighted by Crippen LogP contribution is -2.66. The van der Waals surface area contributed by atoms with Crippen molar-refractivity contribution in [1.29, 1.82) is 0 Å².